The standard InChI is InChI=1S/C35H32.2ClH.Zr/c1-3-35(4-2,26-14-6-5-7-15-26)34-24-25(27-16-8-13-21-33(27)34)22-23-32-30-19-11-9-17-28(30)29-18-10-12-20-31(29)32;;;/h5-21,24H,3-4,22-23H2,1-2H3;2*1H;/q-2;;;+4/p-2. The quantitative estimate of drug-likeness (QED) is 0.157. The van der Waals surface area contributed by atoms with Crippen LogP contribution in [0.25, 0.3) is 32.3 Å². The molecule has 0 aliphatic rings. The van der Waals surface area contributed by atoms with Crippen molar-refractivity contribution in [3.05, 3.63) is 131 Å². The average molecular weight is 615 g/mol. The summed E-state index contributed by atoms with van der Waals surface area (Å²) in [5, 5.41) is 8.42. The Balaban J connectivity index is 0.000000937. The summed E-state index contributed by atoms with van der Waals surface area (Å²) < 4.78 is 0. The van der Waals surface area contributed by atoms with Crippen LogP contribution in [0, 0.1) is 0 Å². The zero-order chi connectivity index (χ0) is 26.5. The van der Waals surface area contributed by atoms with Crippen LogP contribution in [-0.2, 0) is 39.1 Å². The third-order valence-corrected chi connectivity index (χ3v) is 8.37. The van der Waals surface area contributed by atoms with Crippen LogP contribution >= 0.6 is 17.0 Å². The van der Waals surface area contributed by atoms with E-state index in [9.17, 15) is 0 Å². The summed E-state index contributed by atoms with van der Waals surface area (Å²) in [6.07, 6.45) is 4.30. The van der Waals surface area contributed by atoms with Gasteiger partial charge in [-0.05, 0) is 17.4 Å². The first-order valence-electron chi connectivity index (χ1n) is 13.4. The Morgan fingerprint density at radius 2 is 1.24 bits per heavy atom. The van der Waals surface area contributed by atoms with Crippen LogP contribution in [0.4, 0.5) is 0 Å². The topological polar surface area (TPSA) is 0 Å². The van der Waals surface area contributed by atoms with Crippen molar-refractivity contribution in [1.29, 1.82) is 0 Å². The molecule has 0 bridgehead atoms. The Morgan fingerprint density at radius 3 is 1.95 bits per heavy atom. The SMILES string of the molecule is CCC(CC)(c1ccccc1)[c-]1cc(CCc2c3ccccc3c3cccc[c-]23)c2ccccc21.[Cl][Zr+2][Cl]. The van der Waals surface area contributed by atoms with Gasteiger partial charge in [0.15, 0.2) is 0 Å². The van der Waals surface area contributed by atoms with Gasteiger partial charge < -0.3 is 0 Å². The summed E-state index contributed by atoms with van der Waals surface area (Å²) >= 11 is -0.826. The van der Waals surface area contributed by atoms with E-state index < -0.39 is 20.8 Å². The molecule has 0 aliphatic heterocycles. The molecule has 0 nitrogen and oxygen atoms in total. The van der Waals surface area contributed by atoms with E-state index in [0.717, 1.165) is 25.7 Å². The number of rotatable bonds is 7. The van der Waals surface area contributed by atoms with E-state index in [-0.39, 0.29) is 5.41 Å². The molecule has 0 saturated heterocycles. The Labute approximate surface area is 245 Å². The fourth-order valence-electron chi connectivity index (χ4n) is 6.52. The second-order valence-electron chi connectivity index (χ2n) is 9.93. The number of aryl methyl sites for hydroxylation is 2. The molecule has 0 aromatic heterocycles. The summed E-state index contributed by atoms with van der Waals surface area (Å²) in [6, 6.07) is 40.6. The molecule has 6 rings (SSSR count). The van der Waals surface area contributed by atoms with Crippen molar-refractivity contribution < 1.29 is 20.8 Å². The van der Waals surface area contributed by atoms with Crippen molar-refractivity contribution in [2.24, 2.45) is 0 Å². The molecule has 6 aromatic rings. The molecule has 3 heteroatoms. The van der Waals surface area contributed by atoms with Crippen LogP contribution in [-0.4, -0.2) is 0 Å². The molecule has 38 heavy (non-hydrogen) atoms. The third kappa shape index (κ3) is 4.95. The first-order valence-corrected chi connectivity index (χ1v) is 19.8. The molecular formula is C35H32Cl2Zr. The van der Waals surface area contributed by atoms with Crippen molar-refractivity contribution in [3.63, 3.8) is 0 Å². The van der Waals surface area contributed by atoms with Gasteiger partial charge in [-0.1, -0.05) is 99.2 Å². The van der Waals surface area contributed by atoms with Crippen LogP contribution in [0.2, 0.25) is 0 Å². The molecule has 0 fully saturated rings. The Bertz CT molecular complexity index is 1580. The second kappa shape index (κ2) is 12.3. The minimum absolute atomic E-state index is 0.0405. The predicted octanol–water partition coefficient (Wildman–Crippen LogP) is 10.9. The molecule has 190 valence electrons. The number of hydrogen-bond donors (Lipinski definition) is 0. The molecule has 0 saturated carbocycles. The fraction of sp³-hybridized carbons (Fsp3) is 0.200. The van der Waals surface area contributed by atoms with Gasteiger partial charge in [0.1, 0.15) is 0 Å². The molecule has 0 heterocycles. The summed E-state index contributed by atoms with van der Waals surface area (Å²) in [7, 11) is 9.87. The maximum absolute atomic E-state index is 4.93. The molecule has 0 N–H and O–H groups in total. The zero-order valence-electron chi connectivity index (χ0n) is 22.0. The normalized spacial score (nSPS) is 11.5. The number of halogens is 2. The molecule has 0 aliphatic carbocycles. The van der Waals surface area contributed by atoms with Crippen molar-refractivity contribution in [2.45, 2.75) is 44.9 Å². The molecule has 0 spiro atoms. The Kier molecular flexibility index (Phi) is 8.89. The van der Waals surface area contributed by atoms with Gasteiger partial charge in [0.25, 0.3) is 0 Å². The monoisotopic (exact) mass is 612 g/mol. The zero-order valence-corrected chi connectivity index (χ0v) is 25.9. The van der Waals surface area contributed by atoms with Crippen molar-refractivity contribution in [3.8, 4) is 0 Å². The molecule has 0 amide bonds. The van der Waals surface area contributed by atoms with Gasteiger partial charge in [-0.15, -0.1) is 86.6 Å². The minimum atomic E-state index is -0.826. The van der Waals surface area contributed by atoms with Gasteiger partial charge in [0, 0.05) is 0 Å². The van der Waals surface area contributed by atoms with Crippen LogP contribution in [0.15, 0.2) is 109 Å². The fourth-order valence-corrected chi connectivity index (χ4v) is 6.52. The van der Waals surface area contributed by atoms with Crippen molar-refractivity contribution in [2.75, 3.05) is 0 Å². The predicted molar refractivity (Wildman–Crippen MR) is 164 cm³/mol. The van der Waals surface area contributed by atoms with Crippen LogP contribution < -0.4 is 0 Å². The van der Waals surface area contributed by atoms with E-state index in [1.807, 2.05) is 0 Å². The van der Waals surface area contributed by atoms with E-state index in [1.165, 1.54) is 54.6 Å². The first kappa shape index (κ1) is 27.4. The molecule has 0 radical (unpaired) electrons. The molecule has 0 atom stereocenters. The third-order valence-electron chi connectivity index (χ3n) is 8.37. The summed E-state index contributed by atoms with van der Waals surface area (Å²) in [5.41, 5.74) is 5.94. The Hall–Kier alpha value is -2.18. The first-order chi connectivity index (χ1) is 18.7. The van der Waals surface area contributed by atoms with E-state index >= 15 is 0 Å². The second-order valence-corrected chi connectivity index (χ2v) is 13.7. The summed E-state index contributed by atoms with van der Waals surface area (Å²) in [5.74, 6) is 0. The number of fused-ring (bicyclic) bond motifs is 4. The van der Waals surface area contributed by atoms with E-state index in [0.29, 0.717) is 0 Å². The Morgan fingerprint density at radius 1 is 0.658 bits per heavy atom. The van der Waals surface area contributed by atoms with Crippen molar-refractivity contribution >= 4 is 49.3 Å². The van der Waals surface area contributed by atoms with Crippen molar-refractivity contribution in [1.82, 2.24) is 0 Å². The molecular weight excluding hydrogens is 583 g/mol. The van der Waals surface area contributed by atoms with E-state index in [2.05, 4.69) is 123 Å². The average Bonchev–Trinajstić information content (AvgIpc) is 3.50. The molecule has 0 unspecified atom stereocenters. The summed E-state index contributed by atoms with van der Waals surface area (Å²) in [6.45, 7) is 4.69. The maximum atomic E-state index is 4.93. The van der Waals surface area contributed by atoms with Gasteiger partial charge >= 0.3 is 37.9 Å². The van der Waals surface area contributed by atoms with Crippen LogP contribution in [0.1, 0.15) is 48.9 Å². The van der Waals surface area contributed by atoms with Crippen LogP contribution in [0.5, 0.6) is 0 Å². The van der Waals surface area contributed by atoms with E-state index in [1.54, 1.807) is 0 Å². The van der Waals surface area contributed by atoms with Gasteiger partial charge in [-0.2, -0.15) is 5.56 Å². The summed E-state index contributed by atoms with van der Waals surface area (Å²) in [4.78, 5) is 0. The van der Waals surface area contributed by atoms with Gasteiger partial charge in [0.2, 0.25) is 0 Å². The van der Waals surface area contributed by atoms with Gasteiger partial charge in [0.05, 0.1) is 0 Å². The molecule has 6 aromatic carbocycles. The number of hydrogen-bond acceptors (Lipinski definition) is 0. The van der Waals surface area contributed by atoms with E-state index in [4.69, 9.17) is 17.0 Å². The van der Waals surface area contributed by atoms with Gasteiger partial charge in [-0.25, -0.2) is 0 Å². The van der Waals surface area contributed by atoms with Gasteiger partial charge in [-0.3, -0.25) is 0 Å². The number of benzene rings is 4. The van der Waals surface area contributed by atoms with Crippen LogP contribution in [0.3, 0.4) is 0 Å².